The van der Waals surface area contributed by atoms with Crippen LogP contribution in [0, 0.1) is 0 Å². The van der Waals surface area contributed by atoms with Crippen molar-refractivity contribution in [3.8, 4) is 0 Å². The molecule has 0 saturated heterocycles. The normalized spacial score (nSPS) is 14.8. The molecule has 0 fully saturated rings. The predicted molar refractivity (Wildman–Crippen MR) is 54.7 cm³/mol. The second-order valence-electron chi connectivity index (χ2n) is 2.86. The summed E-state index contributed by atoms with van der Waals surface area (Å²) in [6.07, 6.45) is -1.58. The van der Waals surface area contributed by atoms with Crippen LogP contribution in [0.5, 0.6) is 0 Å². The van der Waals surface area contributed by atoms with Gasteiger partial charge in [0.15, 0.2) is 6.10 Å². The summed E-state index contributed by atoms with van der Waals surface area (Å²) in [5.41, 5.74) is 6.13. The van der Waals surface area contributed by atoms with Crippen molar-refractivity contribution in [1.82, 2.24) is 0 Å². The number of carbonyl (C=O) groups is 1. The Morgan fingerprint density at radius 2 is 2.14 bits per heavy atom. The van der Waals surface area contributed by atoms with Crippen molar-refractivity contribution in [3.63, 3.8) is 0 Å². The van der Waals surface area contributed by atoms with Gasteiger partial charge in [0, 0.05) is 4.47 Å². The third kappa shape index (κ3) is 2.54. The van der Waals surface area contributed by atoms with Gasteiger partial charge in [-0.2, -0.15) is 0 Å². The van der Waals surface area contributed by atoms with Crippen LogP contribution < -0.4 is 5.73 Å². The van der Waals surface area contributed by atoms with Crippen LogP contribution in [0.15, 0.2) is 28.7 Å². The molecule has 0 aliphatic heterocycles. The van der Waals surface area contributed by atoms with E-state index >= 15 is 0 Å². The number of halogens is 1. The number of carboxylic acid groups (broad SMARTS) is 1. The molecule has 0 spiro atoms. The molecule has 0 aromatic heterocycles. The van der Waals surface area contributed by atoms with Crippen molar-refractivity contribution in [2.45, 2.75) is 12.1 Å². The van der Waals surface area contributed by atoms with Crippen molar-refractivity contribution in [2.75, 3.05) is 0 Å². The zero-order valence-electron chi connectivity index (χ0n) is 7.22. The molecule has 0 amide bonds. The number of benzene rings is 1. The maximum atomic E-state index is 10.5. The average Bonchev–Trinajstić information content (AvgIpc) is 2.15. The van der Waals surface area contributed by atoms with Gasteiger partial charge in [-0.25, -0.2) is 4.79 Å². The standard InChI is InChI=1S/C9H10BrNO3/c10-6-3-1-2-5(4-6)7(11)8(12)9(13)14/h1-4,7-8,12H,11H2,(H,13,14)/t7-,8-/m1/s1. The Balaban J connectivity index is 2.89. The van der Waals surface area contributed by atoms with Gasteiger partial charge in [0.1, 0.15) is 0 Å². The molecule has 0 aliphatic rings. The lowest BCUT2D eigenvalue weighted by molar-refractivity contribution is -0.147. The smallest absolute Gasteiger partial charge is 0.334 e. The van der Waals surface area contributed by atoms with Gasteiger partial charge in [0.05, 0.1) is 6.04 Å². The van der Waals surface area contributed by atoms with Gasteiger partial charge in [0.25, 0.3) is 0 Å². The van der Waals surface area contributed by atoms with Crippen LogP contribution in [0.1, 0.15) is 11.6 Å². The molecule has 0 heterocycles. The highest BCUT2D eigenvalue weighted by atomic mass is 79.9. The molecule has 2 atom stereocenters. The van der Waals surface area contributed by atoms with Crippen LogP contribution in [-0.4, -0.2) is 22.3 Å². The monoisotopic (exact) mass is 259 g/mol. The molecule has 0 bridgehead atoms. The van der Waals surface area contributed by atoms with E-state index in [-0.39, 0.29) is 0 Å². The molecular weight excluding hydrogens is 250 g/mol. The first-order chi connectivity index (χ1) is 6.52. The van der Waals surface area contributed by atoms with Crippen LogP contribution in [0.3, 0.4) is 0 Å². The number of rotatable bonds is 3. The van der Waals surface area contributed by atoms with Crippen LogP contribution in [0.4, 0.5) is 0 Å². The Morgan fingerprint density at radius 1 is 1.50 bits per heavy atom. The van der Waals surface area contributed by atoms with E-state index in [1.165, 1.54) is 0 Å². The first kappa shape index (κ1) is 11.2. The van der Waals surface area contributed by atoms with Crippen molar-refractivity contribution in [1.29, 1.82) is 0 Å². The van der Waals surface area contributed by atoms with Crippen molar-refractivity contribution >= 4 is 21.9 Å². The molecule has 76 valence electrons. The summed E-state index contributed by atoms with van der Waals surface area (Å²) in [5, 5.41) is 17.7. The highest BCUT2D eigenvalue weighted by Crippen LogP contribution is 2.19. The van der Waals surface area contributed by atoms with Gasteiger partial charge in [-0.3, -0.25) is 0 Å². The summed E-state index contributed by atoms with van der Waals surface area (Å²) >= 11 is 3.23. The van der Waals surface area contributed by atoms with Gasteiger partial charge in [-0.15, -0.1) is 0 Å². The second-order valence-corrected chi connectivity index (χ2v) is 3.78. The fourth-order valence-corrected chi connectivity index (χ4v) is 1.47. The SMILES string of the molecule is N[C@H](c1cccc(Br)c1)[C@@H](O)C(=O)O. The number of hydrogen-bond donors (Lipinski definition) is 3. The summed E-state index contributed by atoms with van der Waals surface area (Å²) in [6.45, 7) is 0. The van der Waals surface area contributed by atoms with E-state index in [9.17, 15) is 9.90 Å². The molecule has 5 heteroatoms. The largest absolute Gasteiger partial charge is 0.479 e. The predicted octanol–water partition coefficient (Wildman–Crippen LogP) is 0.894. The lowest BCUT2D eigenvalue weighted by atomic mass is 10.0. The Morgan fingerprint density at radius 3 is 2.64 bits per heavy atom. The highest BCUT2D eigenvalue weighted by Gasteiger charge is 2.23. The molecule has 0 radical (unpaired) electrons. The maximum absolute atomic E-state index is 10.5. The molecule has 1 aromatic carbocycles. The van der Waals surface area contributed by atoms with Crippen molar-refractivity contribution in [3.05, 3.63) is 34.3 Å². The van der Waals surface area contributed by atoms with Crippen molar-refractivity contribution in [2.24, 2.45) is 5.73 Å². The topological polar surface area (TPSA) is 83.5 Å². The summed E-state index contributed by atoms with van der Waals surface area (Å²) in [6, 6.07) is 5.96. The average molecular weight is 260 g/mol. The van der Waals surface area contributed by atoms with Gasteiger partial charge >= 0.3 is 5.97 Å². The molecule has 1 rings (SSSR count). The lowest BCUT2D eigenvalue weighted by Gasteiger charge is -2.15. The zero-order valence-corrected chi connectivity index (χ0v) is 8.81. The van der Waals surface area contributed by atoms with E-state index < -0.39 is 18.1 Å². The quantitative estimate of drug-likeness (QED) is 0.753. The van der Waals surface area contributed by atoms with E-state index in [1.807, 2.05) is 0 Å². The molecule has 4 nitrogen and oxygen atoms in total. The molecule has 14 heavy (non-hydrogen) atoms. The van der Waals surface area contributed by atoms with Crippen LogP contribution in [0.2, 0.25) is 0 Å². The fourth-order valence-electron chi connectivity index (χ4n) is 1.05. The number of hydrogen-bond acceptors (Lipinski definition) is 3. The molecule has 4 N–H and O–H groups in total. The Labute approximate surface area is 89.5 Å². The van der Waals surface area contributed by atoms with E-state index in [2.05, 4.69) is 15.9 Å². The number of aliphatic hydroxyl groups is 1. The minimum Gasteiger partial charge on any atom is -0.479 e. The summed E-state index contributed by atoms with van der Waals surface area (Å²) in [4.78, 5) is 10.5. The lowest BCUT2D eigenvalue weighted by Crippen LogP contribution is -2.33. The van der Waals surface area contributed by atoms with Gasteiger partial charge in [-0.1, -0.05) is 28.1 Å². The number of carboxylic acids is 1. The van der Waals surface area contributed by atoms with E-state index in [0.29, 0.717) is 5.56 Å². The number of aliphatic hydroxyl groups excluding tert-OH is 1. The minimum atomic E-state index is -1.58. The van der Waals surface area contributed by atoms with Crippen molar-refractivity contribution < 1.29 is 15.0 Å². The van der Waals surface area contributed by atoms with Gasteiger partial charge in [-0.05, 0) is 17.7 Å². The zero-order chi connectivity index (χ0) is 10.7. The summed E-state index contributed by atoms with van der Waals surface area (Å²) in [5.74, 6) is -1.32. The van der Waals surface area contributed by atoms with Crippen LogP contribution >= 0.6 is 15.9 Å². The molecule has 0 unspecified atom stereocenters. The van der Waals surface area contributed by atoms with E-state index in [4.69, 9.17) is 10.8 Å². The third-order valence-corrected chi connectivity index (χ3v) is 2.32. The summed E-state index contributed by atoms with van der Waals surface area (Å²) < 4.78 is 0.794. The molecule has 1 aromatic rings. The molecule has 0 aliphatic carbocycles. The number of nitrogens with two attached hydrogens (primary N) is 1. The maximum Gasteiger partial charge on any atom is 0.334 e. The van der Waals surface area contributed by atoms with Crippen LogP contribution in [0.25, 0.3) is 0 Å². The first-order valence-electron chi connectivity index (χ1n) is 3.94. The van der Waals surface area contributed by atoms with Gasteiger partial charge < -0.3 is 15.9 Å². The van der Waals surface area contributed by atoms with E-state index in [1.54, 1.807) is 24.3 Å². The molecule has 0 saturated carbocycles. The summed E-state index contributed by atoms with van der Waals surface area (Å²) in [7, 11) is 0. The number of aliphatic carboxylic acids is 1. The second kappa shape index (κ2) is 4.54. The van der Waals surface area contributed by atoms with Gasteiger partial charge in [0.2, 0.25) is 0 Å². The fraction of sp³-hybridized carbons (Fsp3) is 0.222. The Kier molecular flexibility index (Phi) is 3.62. The highest BCUT2D eigenvalue weighted by molar-refractivity contribution is 9.10. The molecular formula is C9H10BrNO3. The first-order valence-corrected chi connectivity index (χ1v) is 4.73. The third-order valence-electron chi connectivity index (χ3n) is 1.83. The Hall–Kier alpha value is -0.910. The van der Waals surface area contributed by atoms with Crippen LogP contribution in [-0.2, 0) is 4.79 Å². The Bertz CT molecular complexity index is 343. The van der Waals surface area contributed by atoms with E-state index in [0.717, 1.165) is 4.47 Å². The minimum absolute atomic E-state index is 0.578.